The molecule has 1 atom stereocenters. The van der Waals surface area contributed by atoms with Crippen LogP contribution in [0.2, 0.25) is 0 Å². The predicted octanol–water partition coefficient (Wildman–Crippen LogP) is 3.10. The number of carbonyl (C=O) groups is 2. The molecule has 0 aliphatic heterocycles. The van der Waals surface area contributed by atoms with Gasteiger partial charge in [-0.05, 0) is 42.7 Å². The maximum absolute atomic E-state index is 12.9. The lowest BCUT2D eigenvalue weighted by Crippen LogP contribution is -2.58. The van der Waals surface area contributed by atoms with Gasteiger partial charge in [0, 0.05) is 30.1 Å². The zero-order valence-corrected chi connectivity index (χ0v) is 16.5. The fourth-order valence-electron chi connectivity index (χ4n) is 3.38. The zero-order chi connectivity index (χ0) is 20.9. The number of carbonyl (C=O) groups excluding carboxylic acids is 1. The molecular formula is C22H25N3O4. The molecule has 3 aromatic rings. The first-order valence-corrected chi connectivity index (χ1v) is 9.38. The SMILES string of the molecule is COc1ccc(CCNC(=O)C(C)(Cc2c[nH]c3ccccc23)NC(=O)O)cc1. The first-order chi connectivity index (χ1) is 13.9. The molecule has 152 valence electrons. The third-order valence-electron chi connectivity index (χ3n) is 4.96. The maximum Gasteiger partial charge on any atom is 0.405 e. The average Bonchev–Trinajstić information content (AvgIpc) is 3.10. The molecule has 1 aromatic heterocycles. The average molecular weight is 395 g/mol. The minimum atomic E-state index is -1.29. The number of H-pyrrole nitrogens is 1. The smallest absolute Gasteiger partial charge is 0.405 e. The number of aromatic nitrogens is 1. The summed E-state index contributed by atoms with van der Waals surface area (Å²) in [5.41, 5.74) is 1.58. The fourth-order valence-corrected chi connectivity index (χ4v) is 3.38. The van der Waals surface area contributed by atoms with Gasteiger partial charge in [0.25, 0.3) is 0 Å². The van der Waals surface area contributed by atoms with E-state index in [-0.39, 0.29) is 12.3 Å². The van der Waals surface area contributed by atoms with Crippen LogP contribution in [-0.4, -0.2) is 41.3 Å². The molecule has 3 rings (SSSR count). The summed E-state index contributed by atoms with van der Waals surface area (Å²) in [5, 5.41) is 15.5. The number of benzene rings is 2. The van der Waals surface area contributed by atoms with Crippen molar-refractivity contribution in [3.8, 4) is 5.75 Å². The number of fused-ring (bicyclic) bond motifs is 1. The second-order valence-corrected chi connectivity index (χ2v) is 7.15. The summed E-state index contributed by atoms with van der Waals surface area (Å²) in [6.07, 6.45) is 1.44. The Morgan fingerprint density at radius 2 is 1.86 bits per heavy atom. The van der Waals surface area contributed by atoms with Gasteiger partial charge in [-0.2, -0.15) is 0 Å². The van der Waals surface area contributed by atoms with Gasteiger partial charge in [-0.15, -0.1) is 0 Å². The minimum Gasteiger partial charge on any atom is -0.497 e. The Bertz CT molecular complexity index is 997. The third kappa shape index (κ3) is 4.87. The normalized spacial score (nSPS) is 12.9. The van der Waals surface area contributed by atoms with Gasteiger partial charge < -0.3 is 25.5 Å². The van der Waals surface area contributed by atoms with Gasteiger partial charge in [-0.1, -0.05) is 30.3 Å². The highest BCUT2D eigenvalue weighted by atomic mass is 16.5. The minimum absolute atomic E-state index is 0.234. The molecule has 2 amide bonds. The summed E-state index contributed by atoms with van der Waals surface area (Å²) >= 11 is 0. The summed E-state index contributed by atoms with van der Waals surface area (Å²) in [5.74, 6) is 0.411. The maximum atomic E-state index is 12.9. The fraction of sp³-hybridized carbons (Fsp3) is 0.273. The first kappa shape index (κ1) is 20.3. The topological polar surface area (TPSA) is 103 Å². The largest absolute Gasteiger partial charge is 0.497 e. The van der Waals surface area contributed by atoms with Crippen LogP contribution in [0.25, 0.3) is 10.9 Å². The van der Waals surface area contributed by atoms with Crippen molar-refractivity contribution in [3.63, 3.8) is 0 Å². The standard InChI is InChI=1S/C22H25N3O4/c1-22(25-21(27)28,13-16-14-24-19-6-4-3-5-18(16)19)20(26)23-12-11-15-7-9-17(29-2)10-8-15/h3-10,14,24-25H,11-13H2,1-2H3,(H,23,26)(H,27,28). The number of rotatable bonds is 8. The van der Waals surface area contributed by atoms with E-state index in [9.17, 15) is 14.7 Å². The summed E-state index contributed by atoms with van der Waals surface area (Å²) in [7, 11) is 1.61. The lowest BCUT2D eigenvalue weighted by Gasteiger charge is -2.28. The van der Waals surface area contributed by atoms with Crippen LogP contribution in [0.3, 0.4) is 0 Å². The van der Waals surface area contributed by atoms with Gasteiger partial charge in [-0.3, -0.25) is 4.79 Å². The molecular weight excluding hydrogens is 370 g/mol. The molecule has 0 saturated carbocycles. The molecule has 1 heterocycles. The molecule has 29 heavy (non-hydrogen) atoms. The molecule has 2 aromatic carbocycles. The number of ether oxygens (including phenoxy) is 1. The van der Waals surface area contributed by atoms with Crippen LogP contribution in [0, 0.1) is 0 Å². The number of methoxy groups -OCH3 is 1. The summed E-state index contributed by atoms with van der Waals surface area (Å²) in [4.78, 5) is 27.4. The van der Waals surface area contributed by atoms with Gasteiger partial charge in [-0.25, -0.2) is 4.79 Å². The number of amides is 2. The van der Waals surface area contributed by atoms with E-state index >= 15 is 0 Å². The van der Waals surface area contributed by atoms with Crippen molar-refractivity contribution < 1.29 is 19.4 Å². The Labute approximate surface area is 169 Å². The third-order valence-corrected chi connectivity index (χ3v) is 4.96. The van der Waals surface area contributed by atoms with Crippen LogP contribution in [0.15, 0.2) is 54.7 Å². The molecule has 0 radical (unpaired) electrons. The van der Waals surface area contributed by atoms with Crippen molar-refractivity contribution in [1.29, 1.82) is 0 Å². The highest BCUT2D eigenvalue weighted by molar-refractivity contribution is 5.91. The van der Waals surface area contributed by atoms with Gasteiger partial charge in [0.05, 0.1) is 7.11 Å². The molecule has 4 N–H and O–H groups in total. The number of para-hydroxylation sites is 1. The molecule has 0 fully saturated rings. The second kappa shape index (κ2) is 8.68. The molecule has 0 spiro atoms. The molecule has 0 aliphatic rings. The van der Waals surface area contributed by atoms with E-state index in [1.165, 1.54) is 0 Å². The van der Waals surface area contributed by atoms with Gasteiger partial charge in [0.15, 0.2) is 0 Å². The van der Waals surface area contributed by atoms with Crippen molar-refractivity contribution in [2.24, 2.45) is 0 Å². The van der Waals surface area contributed by atoms with Crippen molar-refractivity contribution >= 4 is 22.9 Å². The van der Waals surface area contributed by atoms with Gasteiger partial charge in [0.2, 0.25) is 5.91 Å². The Balaban J connectivity index is 1.69. The second-order valence-electron chi connectivity index (χ2n) is 7.15. The molecule has 7 nitrogen and oxygen atoms in total. The Hall–Kier alpha value is -3.48. The Morgan fingerprint density at radius 3 is 2.55 bits per heavy atom. The lowest BCUT2D eigenvalue weighted by atomic mass is 9.91. The van der Waals surface area contributed by atoms with E-state index in [1.54, 1.807) is 14.0 Å². The van der Waals surface area contributed by atoms with Crippen molar-refractivity contribution in [2.75, 3.05) is 13.7 Å². The van der Waals surface area contributed by atoms with Gasteiger partial charge in [0.1, 0.15) is 11.3 Å². The first-order valence-electron chi connectivity index (χ1n) is 9.38. The van der Waals surface area contributed by atoms with E-state index in [0.29, 0.717) is 13.0 Å². The molecule has 1 unspecified atom stereocenters. The summed E-state index contributed by atoms with van der Waals surface area (Å²) < 4.78 is 5.14. The van der Waals surface area contributed by atoms with E-state index in [4.69, 9.17) is 4.74 Å². The zero-order valence-electron chi connectivity index (χ0n) is 16.5. The van der Waals surface area contributed by atoms with E-state index in [0.717, 1.165) is 27.8 Å². The quantitative estimate of drug-likeness (QED) is 0.470. The summed E-state index contributed by atoms with van der Waals surface area (Å²) in [6.45, 7) is 2.00. The van der Waals surface area contributed by atoms with Crippen LogP contribution in [0.5, 0.6) is 5.75 Å². The molecule has 0 bridgehead atoms. The predicted molar refractivity (Wildman–Crippen MR) is 111 cm³/mol. The van der Waals surface area contributed by atoms with E-state index in [1.807, 2.05) is 54.7 Å². The number of hydrogen-bond acceptors (Lipinski definition) is 3. The Morgan fingerprint density at radius 1 is 1.14 bits per heavy atom. The van der Waals surface area contributed by atoms with Crippen molar-refractivity contribution in [2.45, 2.75) is 25.3 Å². The number of aromatic amines is 1. The van der Waals surface area contributed by atoms with Crippen LogP contribution < -0.4 is 15.4 Å². The molecule has 7 heteroatoms. The lowest BCUT2D eigenvalue weighted by molar-refractivity contribution is -0.126. The number of carboxylic acid groups (broad SMARTS) is 1. The number of hydrogen-bond donors (Lipinski definition) is 4. The van der Waals surface area contributed by atoms with Crippen LogP contribution in [-0.2, 0) is 17.6 Å². The highest BCUT2D eigenvalue weighted by Crippen LogP contribution is 2.23. The highest BCUT2D eigenvalue weighted by Gasteiger charge is 2.35. The van der Waals surface area contributed by atoms with Gasteiger partial charge >= 0.3 is 6.09 Å². The van der Waals surface area contributed by atoms with Crippen molar-refractivity contribution in [3.05, 3.63) is 65.9 Å². The molecule has 0 aliphatic carbocycles. The van der Waals surface area contributed by atoms with Crippen LogP contribution >= 0.6 is 0 Å². The van der Waals surface area contributed by atoms with E-state index < -0.39 is 11.6 Å². The monoisotopic (exact) mass is 395 g/mol. The van der Waals surface area contributed by atoms with E-state index in [2.05, 4.69) is 15.6 Å². The molecule has 0 saturated heterocycles. The summed E-state index contributed by atoms with van der Waals surface area (Å²) in [6, 6.07) is 15.3. The number of nitrogens with one attached hydrogen (secondary N) is 3. The Kier molecular flexibility index (Phi) is 6.07. The van der Waals surface area contributed by atoms with Crippen LogP contribution in [0.4, 0.5) is 4.79 Å². The van der Waals surface area contributed by atoms with Crippen LogP contribution in [0.1, 0.15) is 18.1 Å². The van der Waals surface area contributed by atoms with Crippen molar-refractivity contribution in [1.82, 2.24) is 15.6 Å².